The normalized spacial score (nSPS) is 21.0. The van der Waals surface area contributed by atoms with Gasteiger partial charge in [0.25, 0.3) is 11.5 Å². The van der Waals surface area contributed by atoms with Crippen LogP contribution in [0, 0.1) is 6.57 Å². The fourth-order valence-electron chi connectivity index (χ4n) is 6.82. The molecule has 222 valence electrons. The number of aromatic nitrogens is 4. The zero-order valence-corrected chi connectivity index (χ0v) is 24.0. The number of amides is 1. The van der Waals surface area contributed by atoms with Gasteiger partial charge in [0, 0.05) is 38.8 Å². The third-order valence-corrected chi connectivity index (χ3v) is 9.18. The number of hydrogen-bond acceptors (Lipinski definition) is 3. The van der Waals surface area contributed by atoms with Crippen LogP contribution in [0.2, 0.25) is 0 Å². The molecule has 0 aliphatic carbocycles. The Morgan fingerprint density at radius 1 is 1.05 bits per heavy atom. The Morgan fingerprint density at radius 2 is 1.72 bits per heavy atom. The highest BCUT2D eigenvalue weighted by molar-refractivity contribution is 6.00. The highest BCUT2D eigenvalue weighted by atomic mass is 19.4. The van der Waals surface area contributed by atoms with Crippen molar-refractivity contribution in [1.82, 2.24) is 24.5 Å². The van der Waals surface area contributed by atoms with E-state index in [1.165, 1.54) is 34.7 Å². The lowest BCUT2D eigenvalue weighted by molar-refractivity contribution is -0.930. The molecule has 9 nitrogen and oxygen atoms in total. The molecule has 43 heavy (non-hydrogen) atoms. The Morgan fingerprint density at radius 3 is 2.35 bits per heavy atom. The lowest BCUT2D eigenvalue weighted by Gasteiger charge is -2.44. The van der Waals surface area contributed by atoms with E-state index in [1.807, 2.05) is 0 Å². The van der Waals surface area contributed by atoms with Crippen molar-refractivity contribution in [3.8, 4) is 22.8 Å². The molecular formula is C31H31F3N7O2+. The summed E-state index contributed by atoms with van der Waals surface area (Å²) in [6.07, 6.45) is 0.624. The molecule has 0 spiro atoms. The summed E-state index contributed by atoms with van der Waals surface area (Å²) in [6, 6.07) is 13.4. The van der Waals surface area contributed by atoms with E-state index in [0.29, 0.717) is 29.2 Å². The van der Waals surface area contributed by atoms with Crippen LogP contribution < -0.4 is 10.9 Å². The minimum Gasteiger partial charge on any atom is -0.349 e. The van der Waals surface area contributed by atoms with Gasteiger partial charge in [0.15, 0.2) is 5.69 Å². The van der Waals surface area contributed by atoms with E-state index in [2.05, 4.69) is 29.4 Å². The second-order valence-corrected chi connectivity index (χ2v) is 11.8. The molecule has 4 heterocycles. The molecule has 4 aromatic rings. The van der Waals surface area contributed by atoms with Crippen molar-refractivity contribution in [2.45, 2.75) is 50.0 Å². The van der Waals surface area contributed by atoms with Crippen molar-refractivity contribution < 1.29 is 22.4 Å². The van der Waals surface area contributed by atoms with Crippen LogP contribution in [0.25, 0.3) is 27.6 Å². The predicted octanol–water partition coefficient (Wildman–Crippen LogP) is 5.10. The summed E-state index contributed by atoms with van der Waals surface area (Å²) in [5.41, 5.74) is -0.217. The lowest BCUT2D eigenvalue weighted by Crippen LogP contribution is -2.58. The van der Waals surface area contributed by atoms with E-state index >= 15 is 0 Å². The Labute approximate surface area is 246 Å². The highest BCUT2D eigenvalue weighted by Crippen LogP contribution is 2.40. The average Bonchev–Trinajstić information content (AvgIpc) is 3.56. The van der Waals surface area contributed by atoms with Gasteiger partial charge in [-0.15, -0.1) is 0 Å². The summed E-state index contributed by atoms with van der Waals surface area (Å²) < 4.78 is 45.8. The number of carbonyl (C=O) groups is 1. The van der Waals surface area contributed by atoms with Crippen LogP contribution in [0.1, 0.15) is 41.6 Å². The van der Waals surface area contributed by atoms with Crippen molar-refractivity contribution in [1.29, 1.82) is 0 Å². The van der Waals surface area contributed by atoms with Crippen LogP contribution >= 0.6 is 0 Å². The SMILES string of the molecule is [C-]#[N+]c1ccc(-n2nccc2-c2c(C(=O)NC3C[C@H]4CC[C@@H](C3)[N+]4(C)C)c(=O)n(-c3cccc(C(F)(F)F)c3)n2C)cc1. The third-order valence-electron chi connectivity index (χ3n) is 9.18. The topological polar surface area (TPSA) is 78.2 Å². The number of hydrogen-bond donors (Lipinski definition) is 1. The summed E-state index contributed by atoms with van der Waals surface area (Å²) in [7, 11) is 5.97. The summed E-state index contributed by atoms with van der Waals surface area (Å²) in [5.74, 6) is -0.575. The third kappa shape index (κ3) is 4.83. The molecular weight excluding hydrogens is 559 g/mol. The molecule has 2 aromatic carbocycles. The van der Waals surface area contributed by atoms with Gasteiger partial charge in [0.2, 0.25) is 0 Å². The van der Waals surface area contributed by atoms with Gasteiger partial charge in [0.05, 0.1) is 61.6 Å². The van der Waals surface area contributed by atoms with Crippen LogP contribution in [0.4, 0.5) is 18.9 Å². The summed E-state index contributed by atoms with van der Waals surface area (Å²) in [5, 5.41) is 7.51. The molecule has 2 aliphatic heterocycles. The van der Waals surface area contributed by atoms with Crippen molar-refractivity contribution in [3.05, 3.63) is 93.7 Å². The summed E-state index contributed by atoms with van der Waals surface area (Å²) in [4.78, 5) is 31.5. The first-order valence-electron chi connectivity index (χ1n) is 14.1. The molecule has 3 atom stereocenters. The number of halogens is 3. The molecule has 2 aliphatic rings. The zero-order valence-electron chi connectivity index (χ0n) is 24.0. The van der Waals surface area contributed by atoms with E-state index in [-0.39, 0.29) is 23.0 Å². The number of rotatable bonds is 5. The van der Waals surface area contributed by atoms with E-state index < -0.39 is 23.2 Å². The number of piperidine rings is 1. The van der Waals surface area contributed by atoms with Crippen LogP contribution in [0.3, 0.4) is 0 Å². The van der Waals surface area contributed by atoms with Gasteiger partial charge in [-0.2, -0.15) is 18.3 Å². The number of alkyl halides is 3. The predicted molar refractivity (Wildman–Crippen MR) is 154 cm³/mol. The van der Waals surface area contributed by atoms with Gasteiger partial charge < -0.3 is 9.80 Å². The second-order valence-electron chi connectivity index (χ2n) is 11.8. The van der Waals surface area contributed by atoms with E-state index in [4.69, 9.17) is 6.57 Å². The quantitative estimate of drug-likeness (QED) is 0.260. The molecule has 12 heteroatoms. The molecule has 1 N–H and O–H groups in total. The first kappa shape index (κ1) is 28.5. The molecule has 0 saturated carbocycles. The van der Waals surface area contributed by atoms with Gasteiger partial charge in [-0.25, -0.2) is 14.2 Å². The number of benzene rings is 2. The summed E-state index contributed by atoms with van der Waals surface area (Å²) in [6.45, 7) is 7.23. The Hall–Kier alpha value is -4.63. The van der Waals surface area contributed by atoms with Crippen LogP contribution in [0.15, 0.2) is 65.6 Å². The minimum absolute atomic E-state index is 0.0233. The van der Waals surface area contributed by atoms with Gasteiger partial charge >= 0.3 is 6.18 Å². The lowest BCUT2D eigenvalue weighted by atomic mass is 9.95. The maximum atomic E-state index is 14.1. The van der Waals surface area contributed by atoms with Gasteiger partial charge in [-0.05, 0) is 36.4 Å². The highest BCUT2D eigenvalue weighted by Gasteiger charge is 2.49. The van der Waals surface area contributed by atoms with Gasteiger partial charge in [-0.3, -0.25) is 14.3 Å². The maximum absolute atomic E-state index is 14.1. The van der Waals surface area contributed by atoms with Crippen molar-refractivity contribution >= 4 is 11.6 Å². The molecule has 2 saturated heterocycles. The molecule has 1 unspecified atom stereocenters. The number of nitrogens with zero attached hydrogens (tertiary/aromatic N) is 6. The van der Waals surface area contributed by atoms with E-state index in [9.17, 15) is 22.8 Å². The molecule has 2 fully saturated rings. The first-order chi connectivity index (χ1) is 20.4. The second kappa shape index (κ2) is 10.3. The Balaban J connectivity index is 1.48. The molecule has 6 rings (SSSR count). The minimum atomic E-state index is -4.61. The fourth-order valence-corrected chi connectivity index (χ4v) is 6.82. The van der Waals surface area contributed by atoms with Gasteiger partial charge in [0.1, 0.15) is 11.3 Å². The van der Waals surface area contributed by atoms with Gasteiger partial charge in [-0.1, -0.05) is 18.2 Å². The standard InChI is InChI=1S/C31H30F3N7O2/c1-35-20-8-10-22(11-9-20)39-26(14-15-36-39)28-27(29(42)37-21-17-24-12-13-25(18-21)41(24,3)4)30(43)40(38(28)2)23-7-5-6-19(16-23)31(32,33)34/h5-11,14-16,21,24-25H,12-13,17-18H2,2-4H3/p+1/t21?,24-,25+. The van der Waals surface area contributed by atoms with Crippen molar-refractivity contribution in [2.24, 2.45) is 7.05 Å². The smallest absolute Gasteiger partial charge is 0.349 e. The molecule has 2 bridgehead atoms. The number of fused-ring (bicyclic) bond motifs is 2. The number of quaternary nitrogens is 1. The Bertz CT molecular complexity index is 1790. The molecule has 1 amide bonds. The maximum Gasteiger partial charge on any atom is 0.416 e. The van der Waals surface area contributed by atoms with E-state index in [0.717, 1.165) is 47.0 Å². The Kier molecular flexibility index (Phi) is 6.81. The monoisotopic (exact) mass is 590 g/mol. The fraction of sp³-hybridized carbons (Fsp3) is 0.355. The van der Waals surface area contributed by atoms with Crippen molar-refractivity contribution in [3.63, 3.8) is 0 Å². The zero-order chi connectivity index (χ0) is 30.7. The van der Waals surface area contributed by atoms with Crippen LogP contribution in [0.5, 0.6) is 0 Å². The number of nitrogens with one attached hydrogen (secondary N) is 1. The summed E-state index contributed by atoms with van der Waals surface area (Å²) >= 11 is 0. The van der Waals surface area contributed by atoms with Crippen LogP contribution in [-0.2, 0) is 13.2 Å². The first-order valence-corrected chi connectivity index (χ1v) is 14.1. The van der Waals surface area contributed by atoms with E-state index in [1.54, 1.807) is 30.3 Å². The number of carbonyl (C=O) groups excluding carboxylic acids is 1. The molecule has 2 aromatic heterocycles. The van der Waals surface area contributed by atoms with Crippen LogP contribution in [-0.4, -0.2) is 61.8 Å². The molecule has 0 radical (unpaired) electrons. The average molecular weight is 591 g/mol. The van der Waals surface area contributed by atoms with Crippen molar-refractivity contribution in [2.75, 3.05) is 14.1 Å². The largest absolute Gasteiger partial charge is 0.416 e.